The number of hydrogen-bond acceptors (Lipinski definition) is 6. The summed E-state index contributed by atoms with van der Waals surface area (Å²) in [5, 5.41) is 4.10. The topological polar surface area (TPSA) is 77.7 Å². The molecular formula is C22H23N3O4. The standard InChI is InChI=1S/C22H23N3O4/c1-15-7-9-17(10-8-15)28-14-20-23-21(24-29-20)16-11-12-25(13-16)22(26)18-5-3-4-6-19(18)27-2/h3-10,16H,11-14H2,1-2H3. The smallest absolute Gasteiger partial charge is 0.264 e. The van der Waals surface area contributed by atoms with E-state index in [0.29, 0.717) is 36.1 Å². The van der Waals surface area contributed by atoms with Gasteiger partial charge in [-0.05, 0) is 37.6 Å². The lowest BCUT2D eigenvalue weighted by Crippen LogP contribution is -2.28. The van der Waals surface area contributed by atoms with Gasteiger partial charge in [-0.15, -0.1) is 0 Å². The van der Waals surface area contributed by atoms with Gasteiger partial charge in [-0.3, -0.25) is 4.79 Å². The Morgan fingerprint density at radius 2 is 2.00 bits per heavy atom. The molecule has 1 amide bonds. The van der Waals surface area contributed by atoms with Crippen LogP contribution < -0.4 is 9.47 Å². The number of rotatable bonds is 6. The van der Waals surface area contributed by atoms with Crippen LogP contribution in [-0.2, 0) is 6.61 Å². The molecule has 0 radical (unpaired) electrons. The Morgan fingerprint density at radius 3 is 2.79 bits per heavy atom. The maximum atomic E-state index is 12.9. The first-order chi connectivity index (χ1) is 14.1. The Labute approximate surface area is 169 Å². The molecule has 3 aromatic rings. The number of methoxy groups -OCH3 is 1. The van der Waals surface area contributed by atoms with E-state index in [9.17, 15) is 4.79 Å². The van der Waals surface area contributed by atoms with Gasteiger partial charge in [-0.25, -0.2) is 0 Å². The fourth-order valence-corrected chi connectivity index (χ4v) is 3.42. The number of carbonyl (C=O) groups is 1. The lowest BCUT2D eigenvalue weighted by Gasteiger charge is -2.17. The van der Waals surface area contributed by atoms with Gasteiger partial charge in [-0.1, -0.05) is 35.0 Å². The van der Waals surface area contributed by atoms with E-state index in [1.54, 1.807) is 24.1 Å². The quantitative estimate of drug-likeness (QED) is 0.637. The normalized spacial score (nSPS) is 16.1. The van der Waals surface area contributed by atoms with E-state index < -0.39 is 0 Å². The SMILES string of the molecule is COc1ccccc1C(=O)N1CCC(c2noc(COc3ccc(C)cc3)n2)C1. The van der Waals surface area contributed by atoms with Crippen LogP contribution in [0, 0.1) is 6.92 Å². The van der Waals surface area contributed by atoms with Crippen LogP contribution in [0.2, 0.25) is 0 Å². The van der Waals surface area contributed by atoms with Crippen molar-refractivity contribution in [2.24, 2.45) is 0 Å². The lowest BCUT2D eigenvalue weighted by atomic mass is 10.1. The van der Waals surface area contributed by atoms with Crippen LogP contribution in [0.25, 0.3) is 0 Å². The van der Waals surface area contributed by atoms with Crippen molar-refractivity contribution in [2.75, 3.05) is 20.2 Å². The average molecular weight is 393 g/mol. The van der Waals surface area contributed by atoms with Crippen molar-refractivity contribution >= 4 is 5.91 Å². The zero-order valence-corrected chi connectivity index (χ0v) is 16.5. The monoisotopic (exact) mass is 393 g/mol. The molecule has 1 aliphatic heterocycles. The minimum Gasteiger partial charge on any atom is -0.496 e. The molecule has 0 aliphatic carbocycles. The Balaban J connectivity index is 1.37. The minimum absolute atomic E-state index is 0.0450. The van der Waals surface area contributed by atoms with Crippen molar-refractivity contribution in [3.8, 4) is 11.5 Å². The Bertz CT molecular complexity index is 984. The number of carbonyl (C=O) groups excluding carboxylic acids is 1. The molecule has 1 unspecified atom stereocenters. The van der Waals surface area contributed by atoms with Crippen molar-refractivity contribution in [3.63, 3.8) is 0 Å². The molecule has 7 nitrogen and oxygen atoms in total. The Kier molecular flexibility index (Phi) is 5.46. The number of para-hydroxylation sites is 1. The molecule has 1 fully saturated rings. The third-order valence-corrected chi connectivity index (χ3v) is 5.05. The molecule has 4 rings (SSSR count). The highest BCUT2D eigenvalue weighted by atomic mass is 16.5. The van der Waals surface area contributed by atoms with Crippen LogP contribution in [0.3, 0.4) is 0 Å². The van der Waals surface area contributed by atoms with Crippen molar-refractivity contribution in [1.29, 1.82) is 0 Å². The van der Waals surface area contributed by atoms with Crippen LogP contribution >= 0.6 is 0 Å². The number of likely N-dealkylation sites (tertiary alicyclic amines) is 1. The van der Waals surface area contributed by atoms with Gasteiger partial charge in [0.2, 0.25) is 0 Å². The summed E-state index contributed by atoms with van der Waals surface area (Å²) >= 11 is 0. The van der Waals surface area contributed by atoms with Gasteiger partial charge in [0.1, 0.15) is 11.5 Å². The maximum Gasteiger partial charge on any atom is 0.264 e. The van der Waals surface area contributed by atoms with Gasteiger partial charge in [0.25, 0.3) is 11.8 Å². The van der Waals surface area contributed by atoms with Crippen LogP contribution in [-0.4, -0.2) is 41.1 Å². The van der Waals surface area contributed by atoms with Crippen LogP contribution in [0.4, 0.5) is 0 Å². The lowest BCUT2D eigenvalue weighted by molar-refractivity contribution is 0.0787. The van der Waals surface area contributed by atoms with E-state index in [2.05, 4.69) is 10.1 Å². The predicted molar refractivity (Wildman–Crippen MR) is 106 cm³/mol. The van der Waals surface area contributed by atoms with Gasteiger partial charge >= 0.3 is 0 Å². The summed E-state index contributed by atoms with van der Waals surface area (Å²) in [7, 11) is 1.57. The first kappa shape index (κ1) is 19.0. The van der Waals surface area contributed by atoms with Crippen LogP contribution in [0.15, 0.2) is 53.1 Å². The molecule has 1 saturated heterocycles. The average Bonchev–Trinajstić information content (AvgIpc) is 3.42. The second-order valence-electron chi connectivity index (χ2n) is 7.09. The number of aromatic nitrogens is 2. The van der Waals surface area contributed by atoms with E-state index in [0.717, 1.165) is 12.2 Å². The molecule has 2 heterocycles. The van der Waals surface area contributed by atoms with Gasteiger partial charge in [0.05, 0.1) is 12.7 Å². The first-order valence-corrected chi connectivity index (χ1v) is 9.58. The molecule has 1 atom stereocenters. The summed E-state index contributed by atoms with van der Waals surface area (Å²) in [6, 6.07) is 15.0. The molecule has 7 heteroatoms. The number of nitrogens with zero attached hydrogens (tertiary/aromatic N) is 3. The van der Waals surface area contributed by atoms with Crippen molar-refractivity contribution in [3.05, 3.63) is 71.4 Å². The molecule has 2 aromatic carbocycles. The van der Waals surface area contributed by atoms with E-state index in [1.807, 2.05) is 43.3 Å². The largest absolute Gasteiger partial charge is 0.496 e. The molecular weight excluding hydrogens is 370 g/mol. The number of hydrogen-bond donors (Lipinski definition) is 0. The molecule has 1 aliphatic rings. The van der Waals surface area contributed by atoms with Crippen molar-refractivity contribution in [2.45, 2.75) is 25.9 Å². The van der Waals surface area contributed by atoms with Gasteiger partial charge < -0.3 is 18.9 Å². The van der Waals surface area contributed by atoms with Gasteiger partial charge in [0.15, 0.2) is 12.4 Å². The van der Waals surface area contributed by atoms with E-state index in [-0.39, 0.29) is 18.4 Å². The predicted octanol–water partition coefficient (Wildman–Crippen LogP) is 3.60. The highest BCUT2D eigenvalue weighted by Crippen LogP contribution is 2.28. The summed E-state index contributed by atoms with van der Waals surface area (Å²) in [6.07, 6.45) is 0.790. The van der Waals surface area contributed by atoms with Gasteiger partial charge in [0, 0.05) is 19.0 Å². The highest BCUT2D eigenvalue weighted by Gasteiger charge is 2.32. The maximum absolute atomic E-state index is 12.9. The van der Waals surface area contributed by atoms with Crippen molar-refractivity contribution < 1.29 is 18.8 Å². The number of ether oxygens (including phenoxy) is 2. The molecule has 0 N–H and O–H groups in total. The van der Waals surface area contributed by atoms with Crippen LogP contribution in [0.1, 0.15) is 40.0 Å². The zero-order chi connectivity index (χ0) is 20.2. The number of amides is 1. The number of benzene rings is 2. The summed E-state index contributed by atoms with van der Waals surface area (Å²) in [5.41, 5.74) is 1.74. The molecule has 150 valence electrons. The summed E-state index contributed by atoms with van der Waals surface area (Å²) in [6.45, 7) is 3.43. The van der Waals surface area contributed by atoms with Crippen molar-refractivity contribution in [1.82, 2.24) is 15.0 Å². The molecule has 1 aromatic heterocycles. The van der Waals surface area contributed by atoms with E-state index in [4.69, 9.17) is 14.0 Å². The second-order valence-corrected chi connectivity index (χ2v) is 7.09. The molecule has 0 saturated carbocycles. The number of aryl methyl sites for hydroxylation is 1. The second kappa shape index (κ2) is 8.34. The fourth-order valence-electron chi connectivity index (χ4n) is 3.42. The highest BCUT2D eigenvalue weighted by molar-refractivity contribution is 5.97. The van der Waals surface area contributed by atoms with E-state index in [1.165, 1.54) is 5.56 Å². The summed E-state index contributed by atoms with van der Waals surface area (Å²) < 4.78 is 16.3. The third-order valence-electron chi connectivity index (χ3n) is 5.05. The molecule has 0 spiro atoms. The first-order valence-electron chi connectivity index (χ1n) is 9.58. The molecule has 29 heavy (non-hydrogen) atoms. The third kappa shape index (κ3) is 4.23. The Morgan fingerprint density at radius 1 is 1.21 bits per heavy atom. The fraction of sp³-hybridized carbons (Fsp3) is 0.318. The van der Waals surface area contributed by atoms with Gasteiger partial charge in [-0.2, -0.15) is 4.98 Å². The van der Waals surface area contributed by atoms with Crippen LogP contribution in [0.5, 0.6) is 11.5 Å². The summed E-state index contributed by atoms with van der Waals surface area (Å²) in [5.74, 6) is 2.38. The van der Waals surface area contributed by atoms with E-state index >= 15 is 0 Å². The summed E-state index contributed by atoms with van der Waals surface area (Å²) in [4.78, 5) is 19.1. The zero-order valence-electron chi connectivity index (χ0n) is 16.5. The Hall–Kier alpha value is -3.35. The molecule has 0 bridgehead atoms. The minimum atomic E-state index is -0.0450.